The van der Waals surface area contributed by atoms with Crippen LogP contribution in [-0.2, 0) is 11.3 Å². The van der Waals surface area contributed by atoms with Crippen molar-refractivity contribution >= 4 is 56.5 Å². The number of carbonyl (C=O) groups excluding carboxylic acids is 2. The van der Waals surface area contributed by atoms with Gasteiger partial charge in [0.1, 0.15) is 5.82 Å². The van der Waals surface area contributed by atoms with Crippen LogP contribution in [0.4, 0.5) is 9.18 Å². The molecule has 1 saturated heterocycles. The summed E-state index contributed by atoms with van der Waals surface area (Å²) < 4.78 is 14.8. The zero-order valence-corrected chi connectivity index (χ0v) is 15.3. The molecule has 0 atom stereocenters. The zero-order valence-electron chi connectivity index (χ0n) is 12.1. The van der Waals surface area contributed by atoms with E-state index in [1.807, 2.05) is 24.3 Å². The van der Waals surface area contributed by atoms with Crippen molar-refractivity contribution in [2.24, 2.45) is 0 Å². The third-order valence-electron chi connectivity index (χ3n) is 3.42. The van der Waals surface area contributed by atoms with E-state index in [0.29, 0.717) is 4.91 Å². The molecule has 0 aliphatic carbocycles. The smallest absolute Gasteiger partial charge is 0.268 e. The summed E-state index contributed by atoms with van der Waals surface area (Å²) in [5.74, 6) is -0.995. The van der Waals surface area contributed by atoms with Crippen LogP contribution in [0.3, 0.4) is 0 Å². The molecule has 1 aliphatic rings. The van der Waals surface area contributed by atoms with Gasteiger partial charge in [0, 0.05) is 15.1 Å². The van der Waals surface area contributed by atoms with E-state index in [4.69, 9.17) is 11.6 Å². The fraction of sp³-hybridized carbons (Fsp3) is 0.0588. The number of imide groups is 1. The fourth-order valence-electron chi connectivity index (χ4n) is 2.19. The minimum absolute atomic E-state index is 0.131. The van der Waals surface area contributed by atoms with E-state index in [-0.39, 0.29) is 17.1 Å². The van der Waals surface area contributed by atoms with Gasteiger partial charge in [-0.1, -0.05) is 45.7 Å². The minimum atomic E-state index is -0.543. The third-order valence-corrected chi connectivity index (χ3v) is 5.21. The molecule has 0 spiro atoms. The first-order chi connectivity index (χ1) is 11.5. The van der Waals surface area contributed by atoms with Gasteiger partial charge in [0.05, 0.1) is 11.4 Å². The first kappa shape index (κ1) is 17.2. The highest BCUT2D eigenvalue weighted by molar-refractivity contribution is 9.10. The molecule has 0 N–H and O–H groups in total. The molecule has 0 unspecified atom stereocenters. The van der Waals surface area contributed by atoms with Gasteiger partial charge in [-0.05, 0) is 47.7 Å². The molecule has 1 aliphatic heterocycles. The zero-order chi connectivity index (χ0) is 17.3. The molecule has 0 saturated carbocycles. The van der Waals surface area contributed by atoms with E-state index in [9.17, 15) is 14.0 Å². The number of hydrogen-bond acceptors (Lipinski definition) is 3. The summed E-state index contributed by atoms with van der Waals surface area (Å²) in [6.45, 7) is -0.187. The van der Waals surface area contributed by atoms with Gasteiger partial charge in [0.2, 0.25) is 0 Å². The summed E-state index contributed by atoms with van der Waals surface area (Å²) in [6, 6.07) is 11.6. The van der Waals surface area contributed by atoms with Crippen LogP contribution in [0.1, 0.15) is 11.1 Å². The fourth-order valence-corrected chi connectivity index (χ4v) is 3.51. The molecule has 0 radical (unpaired) electrons. The maximum Gasteiger partial charge on any atom is 0.293 e. The number of thioether (sulfide) groups is 1. The maximum absolute atomic E-state index is 13.9. The largest absolute Gasteiger partial charge is 0.293 e. The highest BCUT2D eigenvalue weighted by Crippen LogP contribution is 2.34. The number of benzene rings is 2. The minimum Gasteiger partial charge on any atom is -0.268 e. The van der Waals surface area contributed by atoms with Gasteiger partial charge in [-0.15, -0.1) is 0 Å². The molecule has 1 fully saturated rings. The summed E-state index contributed by atoms with van der Waals surface area (Å²) in [6.07, 6.45) is 1.64. The highest BCUT2D eigenvalue weighted by atomic mass is 79.9. The second kappa shape index (κ2) is 7.09. The number of carbonyl (C=O) groups is 2. The Kier molecular flexibility index (Phi) is 5.08. The molecule has 2 aromatic carbocycles. The molecule has 2 aromatic rings. The van der Waals surface area contributed by atoms with Crippen LogP contribution in [0.5, 0.6) is 0 Å². The molecule has 0 bridgehead atoms. The molecule has 24 heavy (non-hydrogen) atoms. The standard InChI is InChI=1S/C17H10BrClFNO2S/c18-11-6-4-10(5-7-11)8-15-16(22)21(17(23)24-15)9-12-13(19)2-1-3-14(12)20/h1-8H,9H2/b15-8-. The van der Waals surface area contributed by atoms with Crippen LogP contribution in [0, 0.1) is 5.82 Å². The summed E-state index contributed by atoms with van der Waals surface area (Å²) in [5, 5.41) is -0.256. The Balaban J connectivity index is 1.85. The monoisotopic (exact) mass is 425 g/mol. The normalized spacial score (nSPS) is 16.3. The molecule has 0 aromatic heterocycles. The third kappa shape index (κ3) is 3.55. The van der Waals surface area contributed by atoms with Gasteiger partial charge in [-0.3, -0.25) is 14.5 Å². The molecule has 7 heteroatoms. The number of hydrogen-bond donors (Lipinski definition) is 0. The lowest BCUT2D eigenvalue weighted by Crippen LogP contribution is -2.28. The quantitative estimate of drug-likeness (QED) is 0.610. The number of amides is 2. The SMILES string of the molecule is O=C1S/C(=C\c2ccc(Br)cc2)C(=O)N1Cc1c(F)cccc1Cl. The predicted molar refractivity (Wildman–Crippen MR) is 97.1 cm³/mol. The second-order valence-electron chi connectivity index (χ2n) is 5.02. The maximum atomic E-state index is 13.9. The second-order valence-corrected chi connectivity index (χ2v) is 7.34. The van der Waals surface area contributed by atoms with Crippen molar-refractivity contribution in [3.8, 4) is 0 Å². The average Bonchev–Trinajstić information content (AvgIpc) is 2.80. The van der Waals surface area contributed by atoms with Crippen LogP contribution in [0.15, 0.2) is 51.8 Å². The first-order valence-electron chi connectivity index (χ1n) is 6.89. The molecule has 122 valence electrons. The topological polar surface area (TPSA) is 37.4 Å². The van der Waals surface area contributed by atoms with Gasteiger partial charge in [-0.2, -0.15) is 0 Å². The Labute approximate surface area is 155 Å². The lowest BCUT2D eigenvalue weighted by molar-refractivity contribution is -0.123. The van der Waals surface area contributed by atoms with E-state index >= 15 is 0 Å². The Hall–Kier alpha value is -1.63. The van der Waals surface area contributed by atoms with Crippen molar-refractivity contribution in [3.63, 3.8) is 0 Å². The Morgan fingerprint density at radius 1 is 1.17 bits per heavy atom. The number of nitrogens with zero attached hydrogens (tertiary/aromatic N) is 1. The summed E-state index contributed by atoms with van der Waals surface area (Å²) in [7, 11) is 0. The molecule has 1 heterocycles. The molecule has 2 amide bonds. The Morgan fingerprint density at radius 3 is 2.54 bits per heavy atom. The van der Waals surface area contributed by atoms with Crippen molar-refractivity contribution in [2.45, 2.75) is 6.54 Å². The van der Waals surface area contributed by atoms with Crippen LogP contribution in [0.25, 0.3) is 6.08 Å². The predicted octanol–water partition coefficient (Wildman–Crippen LogP) is 5.48. The average molecular weight is 427 g/mol. The van der Waals surface area contributed by atoms with Crippen molar-refractivity contribution in [3.05, 3.63) is 73.8 Å². The van der Waals surface area contributed by atoms with E-state index in [1.54, 1.807) is 6.08 Å². The summed E-state index contributed by atoms with van der Waals surface area (Å²) in [4.78, 5) is 25.9. The lowest BCUT2D eigenvalue weighted by Gasteiger charge is -2.14. The van der Waals surface area contributed by atoms with Gasteiger partial charge in [0.15, 0.2) is 0 Å². The van der Waals surface area contributed by atoms with Gasteiger partial charge in [-0.25, -0.2) is 4.39 Å². The molecular weight excluding hydrogens is 417 g/mol. The van der Waals surface area contributed by atoms with E-state index in [2.05, 4.69) is 15.9 Å². The first-order valence-corrected chi connectivity index (χ1v) is 8.88. The van der Waals surface area contributed by atoms with Gasteiger partial charge >= 0.3 is 0 Å². The Morgan fingerprint density at radius 2 is 1.88 bits per heavy atom. The Bertz CT molecular complexity index is 834. The number of rotatable bonds is 3. The molecule has 3 nitrogen and oxygen atoms in total. The van der Waals surface area contributed by atoms with Crippen LogP contribution in [0.2, 0.25) is 5.02 Å². The van der Waals surface area contributed by atoms with E-state index in [1.165, 1.54) is 18.2 Å². The summed E-state index contributed by atoms with van der Waals surface area (Å²) in [5.41, 5.74) is 0.930. The van der Waals surface area contributed by atoms with E-state index < -0.39 is 17.0 Å². The molecular formula is C17H10BrClFNO2S. The van der Waals surface area contributed by atoms with Crippen LogP contribution < -0.4 is 0 Å². The summed E-state index contributed by atoms with van der Waals surface area (Å²) >= 11 is 10.1. The van der Waals surface area contributed by atoms with E-state index in [0.717, 1.165) is 26.7 Å². The number of halogens is 3. The molecule has 3 rings (SSSR count). The van der Waals surface area contributed by atoms with Crippen molar-refractivity contribution in [1.29, 1.82) is 0 Å². The highest BCUT2D eigenvalue weighted by Gasteiger charge is 2.35. The van der Waals surface area contributed by atoms with Crippen LogP contribution >= 0.6 is 39.3 Å². The van der Waals surface area contributed by atoms with Crippen molar-refractivity contribution in [1.82, 2.24) is 4.90 Å². The van der Waals surface area contributed by atoms with Crippen molar-refractivity contribution < 1.29 is 14.0 Å². The van der Waals surface area contributed by atoms with Gasteiger partial charge < -0.3 is 0 Å². The van der Waals surface area contributed by atoms with Crippen molar-refractivity contribution in [2.75, 3.05) is 0 Å². The van der Waals surface area contributed by atoms with Crippen LogP contribution in [-0.4, -0.2) is 16.0 Å². The van der Waals surface area contributed by atoms with Gasteiger partial charge in [0.25, 0.3) is 11.1 Å². The lowest BCUT2D eigenvalue weighted by atomic mass is 10.2.